The molecule has 0 aliphatic heterocycles. The van der Waals surface area contributed by atoms with Gasteiger partial charge in [-0.3, -0.25) is 0 Å². The van der Waals surface area contributed by atoms with Crippen molar-refractivity contribution in [1.29, 1.82) is 0 Å². The summed E-state index contributed by atoms with van der Waals surface area (Å²) < 4.78 is 14.1. The van der Waals surface area contributed by atoms with Crippen molar-refractivity contribution < 1.29 is 9.50 Å². The molecule has 0 fully saturated rings. The van der Waals surface area contributed by atoms with E-state index in [0.717, 1.165) is 0 Å². The highest BCUT2D eigenvalue weighted by Crippen LogP contribution is 2.22. The number of aliphatic hydroxyl groups excluding tert-OH is 1. The Kier molecular flexibility index (Phi) is 2.49. The number of nitrogen functional groups attached to an aromatic ring is 2. The van der Waals surface area contributed by atoms with Gasteiger partial charge in [0.25, 0.3) is 0 Å². The lowest BCUT2D eigenvalue weighted by atomic mass is 10.3. The van der Waals surface area contributed by atoms with Crippen LogP contribution in [0, 0.1) is 5.82 Å². The van der Waals surface area contributed by atoms with Crippen molar-refractivity contribution in [2.75, 3.05) is 11.5 Å². The Morgan fingerprint density at radius 3 is 2.38 bits per heavy atom. The summed E-state index contributed by atoms with van der Waals surface area (Å²) in [7, 11) is 0. The van der Waals surface area contributed by atoms with Crippen molar-refractivity contribution in [2.45, 2.75) is 6.61 Å². The van der Waals surface area contributed by atoms with Gasteiger partial charge < -0.3 is 16.6 Å². The highest BCUT2D eigenvalue weighted by atomic mass is 19.1. The highest BCUT2D eigenvalue weighted by molar-refractivity contribution is 5.57. The number of hydrogen-bond donors (Lipinski definition) is 3. The van der Waals surface area contributed by atoms with Gasteiger partial charge in [0.15, 0.2) is 5.82 Å². The van der Waals surface area contributed by atoms with E-state index in [4.69, 9.17) is 16.6 Å². The molecule has 0 atom stereocenters. The van der Waals surface area contributed by atoms with Gasteiger partial charge in [-0.2, -0.15) is 0 Å². The Bertz CT molecular complexity index is 506. The first-order valence-corrected chi connectivity index (χ1v) is 4.63. The maximum atomic E-state index is 12.7. The quantitative estimate of drug-likeness (QED) is 0.696. The van der Waals surface area contributed by atoms with Crippen LogP contribution < -0.4 is 11.5 Å². The molecule has 0 unspecified atom stereocenters. The van der Waals surface area contributed by atoms with Crippen LogP contribution in [0.2, 0.25) is 0 Å². The van der Waals surface area contributed by atoms with Gasteiger partial charge >= 0.3 is 0 Å². The average molecular weight is 222 g/mol. The zero-order valence-electron chi connectivity index (χ0n) is 8.39. The number of anilines is 2. The number of halogens is 1. The van der Waals surface area contributed by atoms with Gasteiger partial charge in [0.05, 0.1) is 17.9 Å². The molecule has 0 radical (unpaired) electrons. The zero-order valence-corrected chi connectivity index (χ0v) is 8.39. The first kappa shape index (κ1) is 10.4. The van der Waals surface area contributed by atoms with Crippen molar-refractivity contribution in [3.05, 3.63) is 35.6 Å². The summed E-state index contributed by atoms with van der Waals surface area (Å²) in [5.74, 6) is 0.0840. The van der Waals surface area contributed by atoms with Gasteiger partial charge in [0, 0.05) is 0 Å². The smallest absolute Gasteiger partial charge is 0.153 e. The summed E-state index contributed by atoms with van der Waals surface area (Å²) >= 11 is 0. The topological polar surface area (TPSA) is 90.1 Å². The van der Waals surface area contributed by atoms with Crippen LogP contribution in [0.25, 0.3) is 5.69 Å². The molecule has 0 aliphatic carbocycles. The molecule has 1 aromatic carbocycles. The van der Waals surface area contributed by atoms with E-state index < -0.39 is 0 Å². The monoisotopic (exact) mass is 222 g/mol. The van der Waals surface area contributed by atoms with Crippen molar-refractivity contribution in [1.82, 2.24) is 9.78 Å². The van der Waals surface area contributed by atoms with Gasteiger partial charge in [-0.25, -0.2) is 9.07 Å². The van der Waals surface area contributed by atoms with Crippen LogP contribution in [-0.2, 0) is 6.61 Å². The molecule has 2 rings (SSSR count). The maximum Gasteiger partial charge on any atom is 0.153 e. The van der Waals surface area contributed by atoms with Crippen LogP contribution in [0.5, 0.6) is 0 Å². The Morgan fingerprint density at radius 1 is 1.25 bits per heavy atom. The Balaban J connectivity index is 2.52. The Morgan fingerprint density at radius 2 is 1.88 bits per heavy atom. The maximum absolute atomic E-state index is 12.7. The fraction of sp³-hybridized carbons (Fsp3) is 0.100. The molecule has 0 spiro atoms. The average Bonchev–Trinajstić information content (AvgIpc) is 2.55. The van der Waals surface area contributed by atoms with Gasteiger partial charge in [0.2, 0.25) is 0 Å². The van der Waals surface area contributed by atoms with Gasteiger partial charge in [0.1, 0.15) is 11.6 Å². The lowest BCUT2D eigenvalue weighted by Crippen LogP contribution is -2.03. The number of rotatable bonds is 2. The minimum atomic E-state index is -0.343. The third-order valence-corrected chi connectivity index (χ3v) is 2.28. The van der Waals surface area contributed by atoms with Crippen LogP contribution >= 0.6 is 0 Å². The third kappa shape index (κ3) is 1.59. The van der Waals surface area contributed by atoms with Crippen LogP contribution in [0.4, 0.5) is 16.0 Å². The molecule has 0 saturated heterocycles. The molecule has 16 heavy (non-hydrogen) atoms. The van der Waals surface area contributed by atoms with Crippen LogP contribution in [0.1, 0.15) is 5.56 Å². The lowest BCUT2D eigenvalue weighted by molar-refractivity contribution is 0.283. The second kappa shape index (κ2) is 3.82. The SMILES string of the molecule is Nc1nn(-c2ccc(F)cc2)c(N)c1CO. The number of aromatic nitrogens is 2. The molecule has 0 aliphatic rings. The van der Waals surface area contributed by atoms with E-state index in [9.17, 15) is 4.39 Å². The summed E-state index contributed by atoms with van der Waals surface area (Å²) in [6.07, 6.45) is 0. The number of hydrogen-bond acceptors (Lipinski definition) is 4. The number of aliphatic hydroxyl groups is 1. The summed E-state index contributed by atoms with van der Waals surface area (Å²) in [6.45, 7) is -0.279. The van der Waals surface area contributed by atoms with E-state index in [1.165, 1.54) is 28.9 Å². The van der Waals surface area contributed by atoms with E-state index in [0.29, 0.717) is 11.3 Å². The van der Waals surface area contributed by atoms with E-state index in [1.807, 2.05) is 0 Å². The lowest BCUT2D eigenvalue weighted by Gasteiger charge is -2.03. The van der Waals surface area contributed by atoms with E-state index in [-0.39, 0.29) is 24.1 Å². The predicted molar refractivity (Wildman–Crippen MR) is 58.3 cm³/mol. The molecule has 1 heterocycles. The first-order valence-electron chi connectivity index (χ1n) is 4.63. The molecule has 5 N–H and O–H groups in total. The van der Waals surface area contributed by atoms with Crippen molar-refractivity contribution >= 4 is 11.6 Å². The number of benzene rings is 1. The van der Waals surface area contributed by atoms with Crippen LogP contribution in [0.15, 0.2) is 24.3 Å². The zero-order chi connectivity index (χ0) is 11.7. The summed E-state index contributed by atoms with van der Waals surface area (Å²) in [5, 5.41) is 13.0. The van der Waals surface area contributed by atoms with Gasteiger partial charge in [-0.05, 0) is 24.3 Å². The summed E-state index contributed by atoms with van der Waals surface area (Å²) in [6, 6.07) is 5.65. The molecular weight excluding hydrogens is 211 g/mol. The van der Waals surface area contributed by atoms with E-state index >= 15 is 0 Å². The predicted octanol–water partition coefficient (Wildman–Crippen LogP) is 0.668. The first-order chi connectivity index (χ1) is 7.63. The minimum absolute atomic E-state index is 0.171. The molecular formula is C10H11FN4O. The van der Waals surface area contributed by atoms with Gasteiger partial charge in [-0.15, -0.1) is 5.10 Å². The molecule has 0 bridgehead atoms. The van der Waals surface area contributed by atoms with Gasteiger partial charge in [-0.1, -0.05) is 0 Å². The normalized spacial score (nSPS) is 10.6. The molecule has 6 heteroatoms. The second-order valence-corrected chi connectivity index (χ2v) is 3.30. The fourth-order valence-electron chi connectivity index (χ4n) is 1.42. The molecule has 5 nitrogen and oxygen atoms in total. The molecule has 84 valence electrons. The summed E-state index contributed by atoms with van der Waals surface area (Å²) in [4.78, 5) is 0. The third-order valence-electron chi connectivity index (χ3n) is 2.28. The number of nitrogens with two attached hydrogens (primary N) is 2. The minimum Gasteiger partial charge on any atom is -0.391 e. The summed E-state index contributed by atoms with van der Waals surface area (Å²) in [5.41, 5.74) is 12.3. The fourth-order valence-corrected chi connectivity index (χ4v) is 1.42. The molecule has 1 aromatic heterocycles. The van der Waals surface area contributed by atoms with E-state index in [1.54, 1.807) is 0 Å². The Labute approximate surface area is 91.1 Å². The molecule has 0 saturated carbocycles. The second-order valence-electron chi connectivity index (χ2n) is 3.30. The molecule has 0 amide bonds. The Hall–Kier alpha value is -2.08. The van der Waals surface area contributed by atoms with Crippen molar-refractivity contribution in [3.63, 3.8) is 0 Å². The van der Waals surface area contributed by atoms with Crippen molar-refractivity contribution in [3.8, 4) is 5.69 Å². The van der Waals surface area contributed by atoms with E-state index in [2.05, 4.69) is 5.10 Å². The largest absolute Gasteiger partial charge is 0.391 e. The van der Waals surface area contributed by atoms with Crippen LogP contribution in [-0.4, -0.2) is 14.9 Å². The number of nitrogens with zero attached hydrogens (tertiary/aromatic N) is 2. The van der Waals surface area contributed by atoms with Crippen molar-refractivity contribution in [2.24, 2.45) is 0 Å². The van der Waals surface area contributed by atoms with Crippen LogP contribution in [0.3, 0.4) is 0 Å². The highest BCUT2D eigenvalue weighted by Gasteiger charge is 2.13. The molecule has 2 aromatic rings. The standard InChI is InChI=1S/C10H11FN4O/c11-6-1-3-7(4-2-6)15-10(13)8(5-16)9(12)14-15/h1-4,16H,5,13H2,(H2,12,14).